The molecule has 2 heterocycles. The minimum atomic E-state index is -0.344. The number of carbonyl (C=O) groups is 2. The molecule has 2 rings (SSSR count). The normalized spacial score (nSPS) is 17.8. The molecule has 0 saturated carbocycles. The van der Waals surface area contributed by atoms with Crippen molar-refractivity contribution in [1.82, 2.24) is 20.5 Å². The lowest BCUT2D eigenvalue weighted by atomic mass is 10.1. The molecule has 3 amide bonds. The summed E-state index contributed by atoms with van der Waals surface area (Å²) < 4.78 is 0. The molecule has 1 saturated heterocycles. The molecule has 0 aromatic carbocycles. The Balaban J connectivity index is 1.87. The van der Waals surface area contributed by atoms with Gasteiger partial charge in [-0.15, -0.1) is 11.3 Å². The average molecular weight is 324 g/mol. The van der Waals surface area contributed by atoms with Crippen LogP contribution in [0.4, 0.5) is 4.79 Å². The summed E-state index contributed by atoms with van der Waals surface area (Å²) in [6, 6.07) is -0.520. The summed E-state index contributed by atoms with van der Waals surface area (Å²) in [5, 5.41) is 6.61. The van der Waals surface area contributed by atoms with Gasteiger partial charge in [-0.2, -0.15) is 0 Å². The minimum Gasteiger partial charge on any atom is -0.357 e. The number of thiazole rings is 1. The first-order chi connectivity index (χ1) is 10.5. The van der Waals surface area contributed by atoms with Crippen LogP contribution < -0.4 is 10.6 Å². The number of aromatic nitrogens is 1. The van der Waals surface area contributed by atoms with E-state index in [4.69, 9.17) is 0 Å². The Morgan fingerprint density at radius 1 is 1.50 bits per heavy atom. The average Bonchev–Trinajstić information content (AvgIpc) is 3.12. The number of carbonyl (C=O) groups excluding carboxylic acids is 2. The predicted molar refractivity (Wildman–Crippen MR) is 86.7 cm³/mol. The molecule has 6 nitrogen and oxygen atoms in total. The molecule has 1 atom stereocenters. The Kier molecular flexibility index (Phi) is 5.76. The largest absolute Gasteiger partial charge is 0.357 e. The van der Waals surface area contributed by atoms with E-state index in [0.717, 1.165) is 29.1 Å². The van der Waals surface area contributed by atoms with Crippen LogP contribution in [0.25, 0.3) is 0 Å². The van der Waals surface area contributed by atoms with Crippen molar-refractivity contribution in [2.75, 3.05) is 13.6 Å². The molecule has 0 spiro atoms. The summed E-state index contributed by atoms with van der Waals surface area (Å²) in [5.74, 6) is 0.483. The number of likely N-dealkylation sites (tertiary alicyclic amines) is 1. The second-order valence-corrected chi connectivity index (χ2v) is 7.14. The molecular weight excluding hydrogens is 300 g/mol. The topological polar surface area (TPSA) is 74.3 Å². The maximum absolute atomic E-state index is 12.3. The Labute approximate surface area is 135 Å². The van der Waals surface area contributed by atoms with Crippen LogP contribution in [0.3, 0.4) is 0 Å². The van der Waals surface area contributed by atoms with E-state index in [1.165, 1.54) is 0 Å². The first-order valence-electron chi connectivity index (χ1n) is 7.71. The third-order valence-corrected chi connectivity index (χ3v) is 4.68. The van der Waals surface area contributed by atoms with Gasteiger partial charge >= 0.3 is 6.03 Å². The highest BCUT2D eigenvalue weighted by Gasteiger charge is 2.33. The van der Waals surface area contributed by atoms with Gasteiger partial charge in [0.2, 0.25) is 5.91 Å². The molecule has 1 aliphatic rings. The molecule has 2 N–H and O–H groups in total. The van der Waals surface area contributed by atoms with Crippen molar-refractivity contribution in [3.8, 4) is 0 Å². The minimum absolute atomic E-state index is 0.0929. The number of rotatable bonds is 5. The van der Waals surface area contributed by atoms with Crippen LogP contribution in [0.15, 0.2) is 6.20 Å². The van der Waals surface area contributed by atoms with Crippen LogP contribution in [0, 0.1) is 5.92 Å². The molecule has 7 heteroatoms. The van der Waals surface area contributed by atoms with E-state index >= 15 is 0 Å². The highest BCUT2D eigenvalue weighted by Crippen LogP contribution is 2.19. The van der Waals surface area contributed by atoms with E-state index < -0.39 is 0 Å². The number of likely N-dealkylation sites (N-methyl/N-ethyl adjacent to an activating group) is 1. The number of urea groups is 1. The fourth-order valence-corrected chi connectivity index (χ4v) is 3.66. The quantitative estimate of drug-likeness (QED) is 0.867. The zero-order chi connectivity index (χ0) is 16.1. The van der Waals surface area contributed by atoms with Crippen LogP contribution in [0.2, 0.25) is 0 Å². The molecule has 1 fully saturated rings. The number of hydrogen-bond acceptors (Lipinski definition) is 4. The Morgan fingerprint density at radius 3 is 2.95 bits per heavy atom. The van der Waals surface area contributed by atoms with Crippen LogP contribution in [0.5, 0.6) is 0 Å². The maximum Gasteiger partial charge on any atom is 0.318 e. The smallest absolute Gasteiger partial charge is 0.318 e. The summed E-state index contributed by atoms with van der Waals surface area (Å²) in [4.78, 5) is 31.1. The summed E-state index contributed by atoms with van der Waals surface area (Å²) >= 11 is 1.63. The summed E-state index contributed by atoms with van der Waals surface area (Å²) in [6.45, 7) is 5.42. The molecule has 22 heavy (non-hydrogen) atoms. The standard InChI is InChI=1S/C15H24N4O2S/c1-10(2)7-13-17-8-11(22-13)9-18-15(21)19-6-4-5-12(19)14(20)16-3/h8,10,12H,4-7,9H2,1-3H3,(H,16,20)(H,18,21)/t12-/m1/s1. The fraction of sp³-hybridized carbons (Fsp3) is 0.667. The van der Waals surface area contributed by atoms with Gasteiger partial charge in [0.1, 0.15) is 6.04 Å². The van der Waals surface area contributed by atoms with Crippen molar-refractivity contribution in [3.63, 3.8) is 0 Å². The van der Waals surface area contributed by atoms with E-state index in [0.29, 0.717) is 19.0 Å². The molecule has 1 aromatic rings. The van der Waals surface area contributed by atoms with Crippen LogP contribution in [0.1, 0.15) is 36.6 Å². The third-order valence-electron chi connectivity index (χ3n) is 3.66. The third kappa shape index (κ3) is 4.19. The van der Waals surface area contributed by atoms with Gasteiger partial charge in [-0.05, 0) is 18.8 Å². The van der Waals surface area contributed by atoms with Gasteiger partial charge in [0.05, 0.1) is 11.6 Å². The lowest BCUT2D eigenvalue weighted by molar-refractivity contribution is -0.124. The summed E-state index contributed by atoms with van der Waals surface area (Å²) in [6.07, 6.45) is 4.38. The fourth-order valence-electron chi connectivity index (χ4n) is 2.59. The van der Waals surface area contributed by atoms with Crippen LogP contribution >= 0.6 is 11.3 Å². The van der Waals surface area contributed by atoms with E-state index in [9.17, 15) is 9.59 Å². The molecule has 122 valence electrons. The maximum atomic E-state index is 12.3. The van der Waals surface area contributed by atoms with Crippen molar-refractivity contribution in [1.29, 1.82) is 0 Å². The van der Waals surface area contributed by atoms with Crippen molar-refractivity contribution in [3.05, 3.63) is 16.1 Å². The molecule has 1 aromatic heterocycles. The second kappa shape index (κ2) is 7.58. The van der Waals surface area contributed by atoms with Crippen molar-refractivity contribution in [2.24, 2.45) is 5.92 Å². The van der Waals surface area contributed by atoms with Crippen LogP contribution in [-0.2, 0) is 17.8 Å². The number of hydrogen-bond donors (Lipinski definition) is 2. The number of nitrogens with one attached hydrogen (secondary N) is 2. The highest BCUT2D eigenvalue weighted by molar-refractivity contribution is 7.11. The molecular formula is C15H24N4O2S. The van der Waals surface area contributed by atoms with Gasteiger partial charge in [0.15, 0.2) is 0 Å². The van der Waals surface area contributed by atoms with Crippen LogP contribution in [-0.4, -0.2) is 41.5 Å². The lowest BCUT2D eigenvalue weighted by Crippen LogP contribution is -2.48. The van der Waals surface area contributed by atoms with E-state index in [-0.39, 0.29) is 18.0 Å². The SMILES string of the molecule is CNC(=O)[C@H]1CCCN1C(=O)NCc1cnc(CC(C)C)s1. The van der Waals surface area contributed by atoms with Gasteiger partial charge in [-0.3, -0.25) is 4.79 Å². The van der Waals surface area contributed by atoms with E-state index in [1.807, 2.05) is 6.20 Å². The highest BCUT2D eigenvalue weighted by atomic mass is 32.1. The summed E-state index contributed by atoms with van der Waals surface area (Å²) in [5.41, 5.74) is 0. The number of nitrogens with zero attached hydrogens (tertiary/aromatic N) is 2. The van der Waals surface area contributed by atoms with Gasteiger partial charge in [-0.1, -0.05) is 13.8 Å². The van der Waals surface area contributed by atoms with Crippen molar-refractivity contribution < 1.29 is 9.59 Å². The Hall–Kier alpha value is -1.63. The Bertz CT molecular complexity index is 529. The lowest BCUT2D eigenvalue weighted by Gasteiger charge is -2.23. The summed E-state index contributed by atoms with van der Waals surface area (Å²) in [7, 11) is 1.60. The van der Waals surface area contributed by atoms with E-state index in [2.05, 4.69) is 29.5 Å². The molecule has 0 unspecified atom stereocenters. The van der Waals surface area contributed by atoms with Crippen molar-refractivity contribution >= 4 is 23.3 Å². The van der Waals surface area contributed by atoms with Gasteiger partial charge in [0, 0.05) is 31.1 Å². The monoisotopic (exact) mass is 324 g/mol. The van der Waals surface area contributed by atoms with Gasteiger partial charge in [-0.25, -0.2) is 9.78 Å². The first kappa shape index (κ1) is 16.7. The molecule has 0 radical (unpaired) electrons. The zero-order valence-corrected chi connectivity index (χ0v) is 14.2. The second-order valence-electron chi connectivity index (χ2n) is 5.94. The number of amides is 3. The van der Waals surface area contributed by atoms with Crippen molar-refractivity contribution in [2.45, 2.75) is 45.7 Å². The van der Waals surface area contributed by atoms with E-state index in [1.54, 1.807) is 23.3 Å². The first-order valence-corrected chi connectivity index (χ1v) is 8.52. The molecule has 1 aliphatic heterocycles. The van der Waals surface area contributed by atoms with Gasteiger partial charge in [0.25, 0.3) is 0 Å². The van der Waals surface area contributed by atoms with Gasteiger partial charge < -0.3 is 15.5 Å². The predicted octanol–water partition coefficient (Wildman–Crippen LogP) is 1.76. The zero-order valence-electron chi connectivity index (χ0n) is 13.4. The molecule has 0 aliphatic carbocycles. The molecule has 0 bridgehead atoms. The Morgan fingerprint density at radius 2 is 2.27 bits per heavy atom.